The summed E-state index contributed by atoms with van der Waals surface area (Å²) in [4.78, 5) is 31.0. The number of amides is 3. The summed E-state index contributed by atoms with van der Waals surface area (Å²) >= 11 is 5.90. The maximum Gasteiger partial charge on any atom is 0.317 e. The molecule has 7 heteroatoms. The monoisotopic (exact) mass is 442 g/mol. The van der Waals surface area contributed by atoms with E-state index in [0.717, 1.165) is 12.0 Å². The lowest BCUT2D eigenvalue weighted by Crippen LogP contribution is -2.54. The first kappa shape index (κ1) is 23.1. The van der Waals surface area contributed by atoms with Gasteiger partial charge in [-0.15, -0.1) is 0 Å². The average molecular weight is 443 g/mol. The number of nitrogens with one attached hydrogen (secondary N) is 1. The Labute approximate surface area is 189 Å². The molecule has 1 atom stereocenters. The van der Waals surface area contributed by atoms with Crippen LogP contribution in [0.3, 0.4) is 0 Å². The predicted octanol–water partition coefficient (Wildman–Crippen LogP) is 2.91. The van der Waals surface area contributed by atoms with Crippen LogP contribution in [0.1, 0.15) is 11.1 Å². The summed E-state index contributed by atoms with van der Waals surface area (Å²) in [6.07, 6.45) is 1.23. The second-order valence-electron chi connectivity index (χ2n) is 8.16. The molecule has 1 aliphatic heterocycles. The van der Waals surface area contributed by atoms with Gasteiger partial charge in [-0.05, 0) is 43.8 Å². The van der Waals surface area contributed by atoms with Gasteiger partial charge in [0, 0.05) is 43.8 Å². The minimum Gasteiger partial charge on any atom is -0.339 e. The zero-order chi connectivity index (χ0) is 22.2. The molecule has 0 bridgehead atoms. The number of hydrogen-bond donors (Lipinski definition) is 1. The Bertz CT molecular complexity index is 850. The van der Waals surface area contributed by atoms with Gasteiger partial charge in [-0.25, -0.2) is 4.79 Å². The van der Waals surface area contributed by atoms with E-state index in [9.17, 15) is 9.59 Å². The number of likely N-dealkylation sites (N-methyl/N-ethyl adjacent to an activating group) is 1. The molecule has 0 spiro atoms. The fraction of sp³-hybridized carbons (Fsp3) is 0.417. The Morgan fingerprint density at radius 3 is 2.16 bits per heavy atom. The summed E-state index contributed by atoms with van der Waals surface area (Å²) in [6, 6.07) is 17.8. The highest BCUT2D eigenvalue weighted by molar-refractivity contribution is 6.30. The average Bonchev–Trinajstić information content (AvgIpc) is 2.78. The van der Waals surface area contributed by atoms with E-state index in [2.05, 4.69) is 22.3 Å². The maximum absolute atomic E-state index is 12.7. The van der Waals surface area contributed by atoms with Gasteiger partial charge in [-0.3, -0.25) is 4.79 Å². The lowest BCUT2D eigenvalue weighted by Gasteiger charge is -2.35. The van der Waals surface area contributed by atoms with E-state index < -0.39 is 0 Å². The second-order valence-corrected chi connectivity index (χ2v) is 8.60. The highest BCUT2D eigenvalue weighted by Gasteiger charge is 2.24. The van der Waals surface area contributed by atoms with Crippen LogP contribution in [0.25, 0.3) is 0 Å². The molecule has 166 valence electrons. The molecule has 1 unspecified atom stereocenters. The summed E-state index contributed by atoms with van der Waals surface area (Å²) in [5.74, 6) is 0.0814. The minimum absolute atomic E-state index is 0.0651. The molecule has 1 heterocycles. The van der Waals surface area contributed by atoms with Crippen molar-refractivity contribution in [3.63, 3.8) is 0 Å². The van der Waals surface area contributed by atoms with Crippen LogP contribution in [0.15, 0.2) is 54.6 Å². The topological polar surface area (TPSA) is 55.9 Å². The molecule has 0 aromatic heterocycles. The lowest BCUT2D eigenvalue weighted by molar-refractivity contribution is -0.131. The molecule has 1 aliphatic rings. The van der Waals surface area contributed by atoms with Crippen molar-refractivity contribution in [1.29, 1.82) is 0 Å². The van der Waals surface area contributed by atoms with Gasteiger partial charge in [0.15, 0.2) is 0 Å². The fourth-order valence-corrected chi connectivity index (χ4v) is 3.81. The number of rotatable bonds is 7. The summed E-state index contributed by atoms with van der Waals surface area (Å²) < 4.78 is 0. The molecule has 0 radical (unpaired) electrons. The Morgan fingerprint density at radius 1 is 0.935 bits per heavy atom. The number of hydrogen-bond acceptors (Lipinski definition) is 3. The summed E-state index contributed by atoms with van der Waals surface area (Å²) in [6.45, 7) is 2.78. The zero-order valence-corrected chi connectivity index (χ0v) is 19.0. The fourth-order valence-electron chi connectivity index (χ4n) is 3.69. The Morgan fingerprint density at radius 2 is 1.55 bits per heavy atom. The third-order valence-corrected chi connectivity index (χ3v) is 5.97. The van der Waals surface area contributed by atoms with Gasteiger partial charge in [-0.2, -0.15) is 0 Å². The van der Waals surface area contributed by atoms with Gasteiger partial charge < -0.3 is 20.0 Å². The summed E-state index contributed by atoms with van der Waals surface area (Å²) in [5, 5.41) is 3.74. The van der Waals surface area contributed by atoms with Gasteiger partial charge >= 0.3 is 6.03 Å². The van der Waals surface area contributed by atoms with E-state index in [4.69, 9.17) is 11.6 Å². The van der Waals surface area contributed by atoms with Crippen molar-refractivity contribution in [1.82, 2.24) is 20.0 Å². The van der Waals surface area contributed by atoms with E-state index in [1.165, 1.54) is 5.56 Å². The van der Waals surface area contributed by atoms with E-state index in [0.29, 0.717) is 44.2 Å². The quantitative estimate of drug-likeness (QED) is 0.717. The highest BCUT2D eigenvalue weighted by atomic mass is 35.5. The van der Waals surface area contributed by atoms with Crippen molar-refractivity contribution in [2.24, 2.45) is 0 Å². The Kier molecular flexibility index (Phi) is 8.32. The van der Waals surface area contributed by atoms with Crippen LogP contribution in [0.4, 0.5) is 4.79 Å². The van der Waals surface area contributed by atoms with Gasteiger partial charge in [0.1, 0.15) is 0 Å². The molecule has 31 heavy (non-hydrogen) atoms. The largest absolute Gasteiger partial charge is 0.339 e. The smallest absolute Gasteiger partial charge is 0.317 e. The highest BCUT2D eigenvalue weighted by Crippen LogP contribution is 2.12. The lowest BCUT2D eigenvalue weighted by atomic mass is 10.1. The molecule has 3 rings (SSSR count). The SMILES string of the molecule is CN(C)C(CNC(=O)N1CCN(C(=O)Cc2ccc(Cl)cc2)CC1)Cc1ccccc1. The first-order chi connectivity index (χ1) is 14.9. The normalized spacial score (nSPS) is 15.1. The molecule has 1 saturated heterocycles. The molecule has 2 aromatic carbocycles. The first-order valence-corrected chi connectivity index (χ1v) is 11.1. The number of halogens is 1. The minimum atomic E-state index is -0.0651. The van der Waals surface area contributed by atoms with Crippen molar-refractivity contribution in [2.75, 3.05) is 46.8 Å². The number of piperazine rings is 1. The van der Waals surface area contributed by atoms with Crippen LogP contribution < -0.4 is 5.32 Å². The number of carbonyl (C=O) groups excluding carboxylic acids is 2. The number of nitrogens with zero attached hydrogens (tertiary/aromatic N) is 3. The number of urea groups is 1. The zero-order valence-electron chi connectivity index (χ0n) is 18.3. The molecule has 1 fully saturated rings. The van der Waals surface area contributed by atoms with Crippen molar-refractivity contribution in [3.05, 3.63) is 70.7 Å². The molecule has 1 N–H and O–H groups in total. The van der Waals surface area contributed by atoms with E-state index in [1.54, 1.807) is 17.0 Å². The molecule has 6 nitrogen and oxygen atoms in total. The van der Waals surface area contributed by atoms with Crippen molar-refractivity contribution in [2.45, 2.75) is 18.9 Å². The van der Waals surface area contributed by atoms with Crippen LogP contribution >= 0.6 is 11.6 Å². The van der Waals surface area contributed by atoms with Gasteiger partial charge in [0.05, 0.1) is 6.42 Å². The van der Waals surface area contributed by atoms with E-state index in [1.807, 2.05) is 49.3 Å². The Balaban J connectivity index is 1.43. The van der Waals surface area contributed by atoms with Gasteiger partial charge in [0.2, 0.25) is 5.91 Å². The molecule has 2 aromatic rings. The molecule has 0 aliphatic carbocycles. The maximum atomic E-state index is 12.7. The number of benzene rings is 2. The van der Waals surface area contributed by atoms with Crippen LogP contribution in [-0.2, 0) is 17.6 Å². The van der Waals surface area contributed by atoms with Gasteiger partial charge in [-0.1, -0.05) is 54.1 Å². The summed E-state index contributed by atoms with van der Waals surface area (Å²) in [7, 11) is 4.07. The predicted molar refractivity (Wildman–Crippen MR) is 124 cm³/mol. The third kappa shape index (κ3) is 6.97. The Hall–Kier alpha value is -2.57. The van der Waals surface area contributed by atoms with E-state index >= 15 is 0 Å². The van der Waals surface area contributed by atoms with Crippen molar-refractivity contribution < 1.29 is 9.59 Å². The second kappa shape index (κ2) is 11.2. The van der Waals surface area contributed by atoms with Crippen LogP contribution in [-0.4, -0.2) is 79.5 Å². The van der Waals surface area contributed by atoms with Crippen molar-refractivity contribution >= 4 is 23.5 Å². The molecular weight excluding hydrogens is 412 g/mol. The number of carbonyl (C=O) groups is 2. The van der Waals surface area contributed by atoms with Gasteiger partial charge in [0.25, 0.3) is 0 Å². The molecule has 0 saturated carbocycles. The van der Waals surface area contributed by atoms with Crippen LogP contribution in [0.5, 0.6) is 0 Å². The summed E-state index contributed by atoms with van der Waals surface area (Å²) in [5.41, 5.74) is 2.20. The molecular formula is C24H31ClN4O2. The molecule has 3 amide bonds. The third-order valence-electron chi connectivity index (χ3n) is 5.72. The van der Waals surface area contributed by atoms with E-state index in [-0.39, 0.29) is 18.0 Å². The van der Waals surface area contributed by atoms with Crippen LogP contribution in [0, 0.1) is 0 Å². The van der Waals surface area contributed by atoms with Crippen LogP contribution in [0.2, 0.25) is 5.02 Å². The van der Waals surface area contributed by atoms with Crippen molar-refractivity contribution in [3.8, 4) is 0 Å². The standard InChI is InChI=1S/C24H31ClN4O2/c1-27(2)22(16-19-6-4-3-5-7-19)18-26-24(31)29-14-12-28(13-15-29)23(30)17-20-8-10-21(25)11-9-20/h3-11,22H,12-18H2,1-2H3,(H,26,31). The first-order valence-electron chi connectivity index (χ1n) is 10.7.